The molecule has 2 saturated heterocycles. The fraction of sp³-hybridized carbons (Fsp3) is 0.500. The number of phenolic OH excluding ortho intramolecular Hbond substituents is 1. The van der Waals surface area contributed by atoms with Crippen LogP contribution >= 0.6 is 0 Å². The van der Waals surface area contributed by atoms with Crippen molar-refractivity contribution in [2.45, 2.75) is 18.6 Å². The first-order valence-electron chi connectivity index (χ1n) is 6.75. The van der Waals surface area contributed by atoms with Crippen LogP contribution in [-0.4, -0.2) is 48.0 Å². The third-order valence-corrected chi connectivity index (χ3v) is 3.89. The highest BCUT2D eigenvalue weighted by molar-refractivity contribution is 5.99. The van der Waals surface area contributed by atoms with E-state index in [1.165, 1.54) is 18.2 Å². The zero-order valence-electron chi connectivity index (χ0n) is 11.2. The number of rotatable bonds is 1. The van der Waals surface area contributed by atoms with Crippen LogP contribution in [0.15, 0.2) is 18.2 Å². The molecule has 2 aliphatic heterocycles. The van der Waals surface area contributed by atoms with Gasteiger partial charge in [-0.05, 0) is 18.2 Å². The molecule has 1 amide bonds. The Labute approximate surface area is 117 Å². The Bertz CT molecular complexity index is 516. The molecule has 108 valence electrons. The molecule has 2 heterocycles. The third kappa shape index (κ3) is 2.32. The molecule has 0 atom stereocenters. The highest BCUT2D eigenvalue weighted by atomic mass is 16.7. The fourth-order valence-corrected chi connectivity index (χ4v) is 2.74. The molecule has 3 N–H and O–H groups in total. The first-order valence-corrected chi connectivity index (χ1v) is 6.75. The molecule has 0 radical (unpaired) electrons. The molecule has 20 heavy (non-hydrogen) atoms. The van der Waals surface area contributed by atoms with Crippen LogP contribution in [0.5, 0.6) is 5.75 Å². The number of amides is 1. The Hall–Kier alpha value is -1.79. The number of nitrogens with two attached hydrogens (primary N) is 1. The van der Waals surface area contributed by atoms with Crippen molar-refractivity contribution in [1.82, 2.24) is 4.90 Å². The molecule has 0 saturated carbocycles. The first kappa shape index (κ1) is 13.2. The lowest BCUT2D eigenvalue weighted by Gasteiger charge is -2.37. The van der Waals surface area contributed by atoms with Crippen molar-refractivity contribution in [3.05, 3.63) is 23.8 Å². The normalized spacial score (nSPS) is 21.3. The molecule has 3 rings (SSSR count). The van der Waals surface area contributed by atoms with Gasteiger partial charge in [0.1, 0.15) is 5.75 Å². The van der Waals surface area contributed by atoms with Gasteiger partial charge in [0.25, 0.3) is 5.91 Å². The molecule has 0 aromatic heterocycles. The summed E-state index contributed by atoms with van der Waals surface area (Å²) >= 11 is 0. The second-order valence-corrected chi connectivity index (χ2v) is 5.17. The summed E-state index contributed by atoms with van der Waals surface area (Å²) in [5, 5.41) is 9.49. The van der Waals surface area contributed by atoms with Crippen LogP contribution in [0.3, 0.4) is 0 Å². The lowest BCUT2D eigenvalue weighted by Crippen LogP contribution is -2.47. The van der Waals surface area contributed by atoms with Gasteiger partial charge in [0, 0.05) is 31.6 Å². The van der Waals surface area contributed by atoms with Crippen molar-refractivity contribution in [2.24, 2.45) is 0 Å². The molecule has 1 spiro atoms. The number of phenols is 1. The number of anilines is 1. The number of hydrogen-bond acceptors (Lipinski definition) is 5. The maximum Gasteiger partial charge on any atom is 0.256 e. The van der Waals surface area contributed by atoms with Crippen LogP contribution in [0.25, 0.3) is 0 Å². The van der Waals surface area contributed by atoms with E-state index in [4.69, 9.17) is 15.2 Å². The highest BCUT2D eigenvalue weighted by Gasteiger charge is 2.41. The number of carbonyl (C=O) groups excluding carboxylic acids is 1. The summed E-state index contributed by atoms with van der Waals surface area (Å²) in [6.45, 7) is 2.36. The van der Waals surface area contributed by atoms with Gasteiger partial charge >= 0.3 is 0 Å². The summed E-state index contributed by atoms with van der Waals surface area (Å²) in [6, 6.07) is 4.42. The zero-order valence-corrected chi connectivity index (χ0v) is 11.2. The predicted octanol–water partition coefficient (Wildman–Crippen LogP) is 0.954. The number of ether oxygens (including phenoxy) is 2. The van der Waals surface area contributed by atoms with E-state index in [2.05, 4.69) is 0 Å². The molecule has 2 aliphatic rings. The number of likely N-dealkylation sites (tertiary alicyclic amines) is 1. The minimum atomic E-state index is -0.499. The largest absolute Gasteiger partial charge is 0.508 e. The average Bonchev–Trinajstić information content (AvgIpc) is 2.90. The van der Waals surface area contributed by atoms with E-state index in [0.29, 0.717) is 50.4 Å². The van der Waals surface area contributed by atoms with E-state index < -0.39 is 5.79 Å². The van der Waals surface area contributed by atoms with Gasteiger partial charge in [0.2, 0.25) is 0 Å². The zero-order chi connectivity index (χ0) is 14.2. The quantitative estimate of drug-likeness (QED) is 0.590. The Balaban J connectivity index is 1.71. The van der Waals surface area contributed by atoms with E-state index in [1.54, 1.807) is 4.90 Å². The lowest BCUT2D eigenvalue weighted by atomic mass is 10.0. The van der Waals surface area contributed by atoms with Gasteiger partial charge in [-0.25, -0.2) is 0 Å². The summed E-state index contributed by atoms with van der Waals surface area (Å²) in [6.07, 6.45) is 1.33. The van der Waals surface area contributed by atoms with E-state index in [-0.39, 0.29) is 11.7 Å². The molecule has 0 unspecified atom stereocenters. The van der Waals surface area contributed by atoms with Crippen molar-refractivity contribution >= 4 is 11.6 Å². The molecule has 6 heteroatoms. The van der Waals surface area contributed by atoms with Gasteiger partial charge in [0.05, 0.1) is 18.8 Å². The standard InChI is InChI=1S/C14H18N2O4/c15-12-2-1-10(17)9-11(12)13(18)16-5-3-14(4-6-16)19-7-8-20-14/h1-2,9,17H,3-8,15H2. The summed E-state index contributed by atoms with van der Waals surface area (Å²) in [5.41, 5.74) is 6.52. The first-order chi connectivity index (χ1) is 9.60. The Morgan fingerprint density at radius 2 is 1.90 bits per heavy atom. The fourth-order valence-electron chi connectivity index (χ4n) is 2.74. The third-order valence-electron chi connectivity index (χ3n) is 3.89. The van der Waals surface area contributed by atoms with Gasteiger partial charge in [-0.1, -0.05) is 0 Å². The molecule has 1 aromatic carbocycles. The monoisotopic (exact) mass is 278 g/mol. The maximum absolute atomic E-state index is 12.4. The Morgan fingerprint density at radius 1 is 1.25 bits per heavy atom. The van der Waals surface area contributed by atoms with Gasteiger partial charge < -0.3 is 25.2 Å². The Kier molecular flexibility index (Phi) is 3.27. The van der Waals surface area contributed by atoms with Gasteiger partial charge in [-0.15, -0.1) is 0 Å². The number of aromatic hydroxyl groups is 1. The summed E-state index contributed by atoms with van der Waals surface area (Å²) in [5.74, 6) is -0.619. The summed E-state index contributed by atoms with van der Waals surface area (Å²) < 4.78 is 11.3. The molecule has 1 aromatic rings. The molecular formula is C14H18N2O4. The van der Waals surface area contributed by atoms with E-state index in [1.807, 2.05) is 0 Å². The second kappa shape index (κ2) is 4.96. The van der Waals surface area contributed by atoms with Crippen molar-refractivity contribution in [1.29, 1.82) is 0 Å². The minimum absolute atomic E-state index is 0.0403. The minimum Gasteiger partial charge on any atom is -0.508 e. The molecule has 0 bridgehead atoms. The lowest BCUT2D eigenvalue weighted by molar-refractivity contribution is -0.181. The number of carbonyl (C=O) groups is 1. The number of benzene rings is 1. The van der Waals surface area contributed by atoms with Gasteiger partial charge in [-0.2, -0.15) is 0 Å². The van der Waals surface area contributed by atoms with Crippen LogP contribution in [0.2, 0.25) is 0 Å². The summed E-state index contributed by atoms with van der Waals surface area (Å²) in [4.78, 5) is 14.2. The van der Waals surface area contributed by atoms with E-state index in [0.717, 1.165) is 0 Å². The van der Waals surface area contributed by atoms with Gasteiger partial charge in [-0.3, -0.25) is 4.79 Å². The van der Waals surface area contributed by atoms with E-state index >= 15 is 0 Å². The summed E-state index contributed by atoms with van der Waals surface area (Å²) in [7, 11) is 0. The molecule has 0 aliphatic carbocycles. The van der Waals surface area contributed by atoms with Crippen molar-refractivity contribution in [3.63, 3.8) is 0 Å². The SMILES string of the molecule is Nc1ccc(O)cc1C(=O)N1CCC2(CC1)OCCO2. The van der Waals surface area contributed by atoms with Crippen LogP contribution in [0, 0.1) is 0 Å². The second-order valence-electron chi connectivity index (χ2n) is 5.17. The highest BCUT2D eigenvalue weighted by Crippen LogP contribution is 2.32. The number of nitrogens with zero attached hydrogens (tertiary/aromatic N) is 1. The predicted molar refractivity (Wildman–Crippen MR) is 72.3 cm³/mol. The smallest absolute Gasteiger partial charge is 0.256 e. The van der Waals surface area contributed by atoms with Crippen LogP contribution in [0.4, 0.5) is 5.69 Å². The Morgan fingerprint density at radius 3 is 2.55 bits per heavy atom. The van der Waals surface area contributed by atoms with Crippen LogP contribution in [-0.2, 0) is 9.47 Å². The number of piperidine rings is 1. The van der Waals surface area contributed by atoms with Crippen LogP contribution in [0.1, 0.15) is 23.2 Å². The molecular weight excluding hydrogens is 260 g/mol. The topological polar surface area (TPSA) is 85.0 Å². The molecule has 6 nitrogen and oxygen atoms in total. The van der Waals surface area contributed by atoms with Gasteiger partial charge in [0.15, 0.2) is 5.79 Å². The van der Waals surface area contributed by atoms with Crippen molar-refractivity contribution < 1.29 is 19.4 Å². The number of nitrogen functional groups attached to an aromatic ring is 1. The number of hydrogen-bond donors (Lipinski definition) is 2. The van der Waals surface area contributed by atoms with E-state index in [9.17, 15) is 9.90 Å². The average molecular weight is 278 g/mol. The van der Waals surface area contributed by atoms with Crippen molar-refractivity contribution in [2.75, 3.05) is 32.0 Å². The van der Waals surface area contributed by atoms with Crippen molar-refractivity contribution in [3.8, 4) is 5.75 Å². The van der Waals surface area contributed by atoms with Crippen LogP contribution < -0.4 is 5.73 Å². The molecule has 2 fully saturated rings. The maximum atomic E-state index is 12.4.